The third-order valence-electron chi connectivity index (χ3n) is 3.89. The first-order chi connectivity index (χ1) is 11.2. The molecule has 0 fully saturated rings. The van der Waals surface area contributed by atoms with Gasteiger partial charge in [0.1, 0.15) is 0 Å². The van der Waals surface area contributed by atoms with E-state index in [1.807, 2.05) is 6.07 Å². The fraction of sp³-hybridized carbons (Fsp3) is 0.529. The van der Waals surface area contributed by atoms with E-state index in [4.69, 9.17) is 33.4 Å². The summed E-state index contributed by atoms with van der Waals surface area (Å²) in [4.78, 5) is 21.6. The first-order valence-electron chi connectivity index (χ1n) is 7.86. The van der Waals surface area contributed by atoms with E-state index in [9.17, 15) is 14.7 Å². The molecule has 0 aliphatic rings. The summed E-state index contributed by atoms with van der Waals surface area (Å²) in [5.74, 6) is -2.80. The number of aliphatic carboxylic acids is 2. The molecule has 0 amide bonds. The normalized spacial score (nSPS) is 13.5. The van der Waals surface area contributed by atoms with Crippen LogP contribution in [0.1, 0.15) is 50.5 Å². The number of halogens is 2. The second kappa shape index (κ2) is 9.87. The number of carboxylic acids is 2. The van der Waals surface area contributed by atoms with Crippen molar-refractivity contribution >= 4 is 35.1 Å². The number of benzene rings is 1. The van der Waals surface area contributed by atoms with Gasteiger partial charge in [-0.2, -0.15) is 0 Å². The molecule has 3 N–H and O–H groups in total. The van der Waals surface area contributed by atoms with Crippen LogP contribution in [-0.2, 0) is 16.0 Å². The molecule has 0 spiro atoms. The molecule has 134 valence electrons. The number of aryl methyl sites for hydroxylation is 1. The van der Waals surface area contributed by atoms with Gasteiger partial charge in [-0.3, -0.25) is 4.79 Å². The molecule has 24 heavy (non-hydrogen) atoms. The van der Waals surface area contributed by atoms with Gasteiger partial charge >= 0.3 is 11.9 Å². The molecule has 5 nitrogen and oxygen atoms in total. The van der Waals surface area contributed by atoms with Crippen LogP contribution >= 0.6 is 23.2 Å². The Morgan fingerprint density at radius 2 is 1.62 bits per heavy atom. The van der Waals surface area contributed by atoms with Crippen molar-refractivity contribution in [3.05, 3.63) is 33.8 Å². The van der Waals surface area contributed by atoms with Gasteiger partial charge in [-0.25, -0.2) is 4.79 Å². The van der Waals surface area contributed by atoms with Gasteiger partial charge in [-0.1, -0.05) is 48.5 Å². The zero-order valence-electron chi connectivity index (χ0n) is 13.3. The van der Waals surface area contributed by atoms with Gasteiger partial charge in [0.05, 0.1) is 6.42 Å². The fourth-order valence-electron chi connectivity index (χ4n) is 2.51. The molecule has 1 atom stereocenters. The monoisotopic (exact) mass is 376 g/mol. The molecule has 1 aromatic rings. The average Bonchev–Trinajstić information content (AvgIpc) is 2.47. The van der Waals surface area contributed by atoms with Gasteiger partial charge in [0.15, 0.2) is 5.60 Å². The molecule has 0 heterocycles. The topological polar surface area (TPSA) is 94.8 Å². The van der Waals surface area contributed by atoms with E-state index in [-0.39, 0.29) is 6.42 Å². The van der Waals surface area contributed by atoms with Crippen LogP contribution in [0.3, 0.4) is 0 Å². The molecule has 0 unspecified atom stereocenters. The van der Waals surface area contributed by atoms with Gasteiger partial charge in [-0.05, 0) is 43.4 Å². The fourth-order valence-corrected chi connectivity index (χ4v) is 3.01. The Bertz CT molecular complexity index is 576. The van der Waals surface area contributed by atoms with Crippen molar-refractivity contribution in [2.24, 2.45) is 0 Å². The molecule has 1 aromatic carbocycles. The molecular formula is C17H22Cl2O5. The number of hydrogen-bond donors (Lipinski definition) is 3. The molecule has 7 heteroatoms. The van der Waals surface area contributed by atoms with Crippen LogP contribution in [0.2, 0.25) is 10.0 Å². The van der Waals surface area contributed by atoms with Crippen molar-refractivity contribution in [2.75, 3.05) is 0 Å². The summed E-state index contributed by atoms with van der Waals surface area (Å²) < 4.78 is 0. The molecule has 0 saturated heterocycles. The van der Waals surface area contributed by atoms with Crippen molar-refractivity contribution < 1.29 is 24.9 Å². The lowest BCUT2D eigenvalue weighted by Gasteiger charge is -2.21. The van der Waals surface area contributed by atoms with Crippen molar-refractivity contribution in [1.29, 1.82) is 0 Å². The Kier molecular flexibility index (Phi) is 8.53. The van der Waals surface area contributed by atoms with Gasteiger partial charge < -0.3 is 15.3 Å². The number of carboxylic acid groups (broad SMARTS) is 2. The smallest absolute Gasteiger partial charge is 0.336 e. The van der Waals surface area contributed by atoms with Crippen LogP contribution in [0.15, 0.2) is 18.2 Å². The van der Waals surface area contributed by atoms with E-state index >= 15 is 0 Å². The van der Waals surface area contributed by atoms with Crippen molar-refractivity contribution in [1.82, 2.24) is 0 Å². The standard InChI is InChI=1S/C17H22Cl2O5/c18-13-8-7-12(14(19)10-13)6-4-2-1-3-5-9-17(24,16(22)23)11-15(20)21/h7-8,10,24H,1-6,9,11H2,(H,20,21)(H,22,23)/t17-/m0/s1. The quantitative estimate of drug-likeness (QED) is 0.503. The molecule has 0 aromatic heterocycles. The van der Waals surface area contributed by atoms with E-state index in [1.165, 1.54) is 0 Å². The predicted octanol–water partition coefficient (Wildman–Crippen LogP) is 4.17. The summed E-state index contributed by atoms with van der Waals surface area (Å²) >= 11 is 11.9. The molecule has 0 bridgehead atoms. The van der Waals surface area contributed by atoms with Crippen LogP contribution < -0.4 is 0 Å². The highest BCUT2D eigenvalue weighted by Crippen LogP contribution is 2.23. The van der Waals surface area contributed by atoms with Gasteiger partial charge in [-0.15, -0.1) is 0 Å². The van der Waals surface area contributed by atoms with Gasteiger partial charge in [0.2, 0.25) is 0 Å². The lowest BCUT2D eigenvalue weighted by Crippen LogP contribution is -2.40. The second-order valence-corrected chi connectivity index (χ2v) is 6.75. The predicted molar refractivity (Wildman–Crippen MR) is 92.7 cm³/mol. The van der Waals surface area contributed by atoms with Crippen LogP contribution in [-0.4, -0.2) is 32.9 Å². The second-order valence-electron chi connectivity index (χ2n) is 5.91. The summed E-state index contributed by atoms with van der Waals surface area (Å²) in [6, 6.07) is 5.43. The Labute approximate surface area is 151 Å². The Balaban J connectivity index is 2.24. The highest BCUT2D eigenvalue weighted by atomic mass is 35.5. The molecular weight excluding hydrogens is 355 g/mol. The minimum absolute atomic E-state index is 0.0579. The summed E-state index contributed by atoms with van der Waals surface area (Å²) in [7, 11) is 0. The zero-order chi connectivity index (χ0) is 18.2. The zero-order valence-corrected chi connectivity index (χ0v) is 14.8. The van der Waals surface area contributed by atoms with E-state index < -0.39 is 24.0 Å². The van der Waals surface area contributed by atoms with Crippen molar-refractivity contribution in [2.45, 2.75) is 57.0 Å². The van der Waals surface area contributed by atoms with E-state index in [0.717, 1.165) is 37.7 Å². The number of unbranched alkanes of at least 4 members (excludes halogenated alkanes) is 4. The maximum Gasteiger partial charge on any atom is 0.336 e. The largest absolute Gasteiger partial charge is 0.481 e. The maximum atomic E-state index is 11.0. The first-order valence-corrected chi connectivity index (χ1v) is 8.62. The van der Waals surface area contributed by atoms with Gasteiger partial charge in [0.25, 0.3) is 0 Å². The number of aliphatic hydroxyl groups is 1. The van der Waals surface area contributed by atoms with Crippen LogP contribution in [0.5, 0.6) is 0 Å². The van der Waals surface area contributed by atoms with E-state index in [2.05, 4.69) is 0 Å². The molecule has 0 radical (unpaired) electrons. The summed E-state index contributed by atoms with van der Waals surface area (Å²) in [5, 5.41) is 28.8. The van der Waals surface area contributed by atoms with Crippen LogP contribution in [0.25, 0.3) is 0 Å². The minimum atomic E-state index is -2.18. The molecule has 0 aliphatic carbocycles. The van der Waals surface area contributed by atoms with Crippen LogP contribution in [0.4, 0.5) is 0 Å². The Morgan fingerprint density at radius 3 is 2.21 bits per heavy atom. The van der Waals surface area contributed by atoms with Gasteiger partial charge in [0, 0.05) is 10.0 Å². The number of carbonyl (C=O) groups is 2. The first kappa shape index (κ1) is 20.7. The Morgan fingerprint density at radius 1 is 1.00 bits per heavy atom. The number of hydrogen-bond acceptors (Lipinski definition) is 3. The average molecular weight is 377 g/mol. The maximum absolute atomic E-state index is 11.0. The molecule has 0 aliphatic heterocycles. The van der Waals surface area contributed by atoms with Crippen molar-refractivity contribution in [3.63, 3.8) is 0 Å². The Hall–Kier alpha value is -1.30. The van der Waals surface area contributed by atoms with Crippen LogP contribution in [0, 0.1) is 0 Å². The summed E-state index contributed by atoms with van der Waals surface area (Å²) in [5.41, 5.74) is -1.13. The summed E-state index contributed by atoms with van der Waals surface area (Å²) in [6.07, 6.45) is 3.99. The van der Waals surface area contributed by atoms with E-state index in [0.29, 0.717) is 16.5 Å². The summed E-state index contributed by atoms with van der Waals surface area (Å²) in [6.45, 7) is 0. The highest BCUT2D eigenvalue weighted by molar-refractivity contribution is 6.35. The number of rotatable bonds is 11. The van der Waals surface area contributed by atoms with E-state index in [1.54, 1.807) is 12.1 Å². The SMILES string of the molecule is O=C(O)C[C@@](O)(CCCCCCCc1ccc(Cl)cc1Cl)C(=O)O. The lowest BCUT2D eigenvalue weighted by molar-refractivity contribution is -0.166. The van der Waals surface area contributed by atoms with Crippen molar-refractivity contribution in [3.8, 4) is 0 Å². The highest BCUT2D eigenvalue weighted by Gasteiger charge is 2.37. The third kappa shape index (κ3) is 7.07. The molecule has 0 saturated carbocycles. The lowest BCUT2D eigenvalue weighted by atomic mass is 9.92. The molecule has 1 rings (SSSR count). The minimum Gasteiger partial charge on any atom is -0.481 e. The third-order valence-corrected chi connectivity index (χ3v) is 4.48.